The van der Waals surface area contributed by atoms with Crippen molar-refractivity contribution in [2.75, 3.05) is 6.54 Å². The van der Waals surface area contributed by atoms with Gasteiger partial charge in [0.25, 0.3) is 0 Å². The van der Waals surface area contributed by atoms with Crippen molar-refractivity contribution in [3.8, 4) is 0 Å². The topological polar surface area (TPSA) is 12.0 Å². The zero-order valence-electron chi connectivity index (χ0n) is 10.7. The fourth-order valence-electron chi connectivity index (χ4n) is 3.23. The van der Waals surface area contributed by atoms with Gasteiger partial charge in [-0.15, -0.1) is 0 Å². The highest BCUT2D eigenvalue weighted by Crippen LogP contribution is 2.43. The molecule has 1 aliphatic heterocycles. The first kappa shape index (κ1) is 12.9. The Morgan fingerprint density at radius 3 is 2.68 bits per heavy atom. The minimum Gasteiger partial charge on any atom is -0.313 e. The number of allylic oxidation sites excluding steroid dienone is 3. The van der Waals surface area contributed by atoms with E-state index in [1.54, 1.807) is 6.08 Å². The van der Waals surface area contributed by atoms with E-state index in [4.69, 9.17) is 11.6 Å². The molecule has 2 aliphatic rings. The zero-order chi connectivity index (χ0) is 13.3. The second-order valence-corrected chi connectivity index (χ2v) is 5.71. The maximum atomic E-state index is 14.0. The fraction of sp³-hybridized carbons (Fsp3) is 0.375. The standard InChI is InChI=1S/C16H17ClFN/c17-13-8-9-16(11-14(13)18,15-7-4-10-19-15)12-5-2-1-3-6-12/h1-3,5-6,8,11,15,19H,4,7,9-10H2/t15-,16-/m0/s1. The number of nitrogens with one attached hydrogen (secondary N) is 1. The highest BCUT2D eigenvalue weighted by Gasteiger charge is 2.41. The molecule has 0 saturated carbocycles. The van der Waals surface area contributed by atoms with E-state index in [0.29, 0.717) is 0 Å². The maximum Gasteiger partial charge on any atom is 0.138 e. The first-order valence-corrected chi connectivity index (χ1v) is 7.13. The molecule has 1 heterocycles. The second-order valence-electron chi connectivity index (χ2n) is 5.30. The summed E-state index contributed by atoms with van der Waals surface area (Å²) in [6.07, 6.45) is 6.49. The summed E-state index contributed by atoms with van der Waals surface area (Å²) in [6.45, 7) is 1.01. The van der Waals surface area contributed by atoms with Gasteiger partial charge in [0.2, 0.25) is 0 Å². The molecule has 2 atom stereocenters. The molecular formula is C16H17ClFN. The maximum absolute atomic E-state index is 14.0. The Morgan fingerprint density at radius 1 is 1.26 bits per heavy atom. The molecule has 100 valence electrons. The van der Waals surface area contributed by atoms with Gasteiger partial charge in [-0.2, -0.15) is 0 Å². The molecule has 19 heavy (non-hydrogen) atoms. The summed E-state index contributed by atoms with van der Waals surface area (Å²) >= 11 is 5.89. The van der Waals surface area contributed by atoms with Crippen LogP contribution in [0.1, 0.15) is 24.8 Å². The van der Waals surface area contributed by atoms with Crippen molar-refractivity contribution in [2.24, 2.45) is 0 Å². The third-order valence-corrected chi connectivity index (χ3v) is 4.56. The largest absolute Gasteiger partial charge is 0.313 e. The SMILES string of the molecule is FC1=C[C@@](c2ccccc2)([C@@H]2CCCN2)CC=C1Cl. The normalized spacial score (nSPS) is 30.9. The fourth-order valence-corrected chi connectivity index (χ4v) is 3.36. The highest BCUT2D eigenvalue weighted by atomic mass is 35.5. The van der Waals surface area contributed by atoms with Crippen LogP contribution < -0.4 is 5.32 Å². The van der Waals surface area contributed by atoms with Crippen LogP contribution in [0, 0.1) is 0 Å². The van der Waals surface area contributed by atoms with Crippen molar-refractivity contribution in [1.82, 2.24) is 5.32 Å². The van der Waals surface area contributed by atoms with Gasteiger partial charge in [-0.05, 0) is 37.4 Å². The Bertz CT molecular complexity index is 517. The number of benzene rings is 1. The van der Waals surface area contributed by atoms with Gasteiger partial charge in [0.15, 0.2) is 0 Å². The van der Waals surface area contributed by atoms with Crippen LogP contribution in [0.2, 0.25) is 0 Å². The first-order chi connectivity index (χ1) is 9.22. The van der Waals surface area contributed by atoms with Crippen molar-refractivity contribution in [3.63, 3.8) is 0 Å². The van der Waals surface area contributed by atoms with Crippen LogP contribution >= 0.6 is 11.6 Å². The second kappa shape index (κ2) is 5.10. The van der Waals surface area contributed by atoms with Crippen molar-refractivity contribution in [3.05, 3.63) is 58.9 Å². The smallest absolute Gasteiger partial charge is 0.138 e. The van der Waals surface area contributed by atoms with Gasteiger partial charge in [0.1, 0.15) is 5.83 Å². The van der Waals surface area contributed by atoms with Crippen molar-refractivity contribution >= 4 is 11.6 Å². The van der Waals surface area contributed by atoms with E-state index < -0.39 is 0 Å². The Labute approximate surface area is 118 Å². The summed E-state index contributed by atoms with van der Waals surface area (Å²) in [5.74, 6) is -0.300. The molecule has 0 radical (unpaired) electrons. The summed E-state index contributed by atoms with van der Waals surface area (Å²) in [6, 6.07) is 10.5. The van der Waals surface area contributed by atoms with E-state index >= 15 is 0 Å². The third-order valence-electron chi connectivity index (χ3n) is 4.22. The lowest BCUT2D eigenvalue weighted by molar-refractivity contribution is 0.378. The molecule has 0 bridgehead atoms. The summed E-state index contributed by atoms with van der Waals surface area (Å²) < 4.78 is 14.0. The van der Waals surface area contributed by atoms with E-state index in [1.165, 1.54) is 0 Å². The lowest BCUT2D eigenvalue weighted by atomic mass is 9.69. The number of rotatable bonds is 2. The van der Waals surface area contributed by atoms with E-state index in [1.807, 2.05) is 24.3 Å². The van der Waals surface area contributed by atoms with Crippen LogP contribution in [0.25, 0.3) is 0 Å². The Balaban J connectivity index is 2.07. The molecule has 3 heteroatoms. The predicted molar refractivity (Wildman–Crippen MR) is 76.9 cm³/mol. The van der Waals surface area contributed by atoms with Crippen LogP contribution in [0.15, 0.2) is 53.3 Å². The van der Waals surface area contributed by atoms with Crippen LogP contribution in [-0.2, 0) is 5.41 Å². The number of hydrogen-bond donors (Lipinski definition) is 1. The molecule has 1 aliphatic carbocycles. The first-order valence-electron chi connectivity index (χ1n) is 6.76. The Morgan fingerprint density at radius 2 is 2.05 bits per heavy atom. The Hall–Kier alpha value is -1.12. The van der Waals surface area contributed by atoms with Gasteiger partial charge in [-0.3, -0.25) is 0 Å². The third kappa shape index (κ3) is 2.24. The van der Waals surface area contributed by atoms with Gasteiger partial charge in [0.05, 0.1) is 5.03 Å². The molecule has 1 saturated heterocycles. The molecule has 1 aromatic rings. The molecule has 1 aromatic carbocycles. The summed E-state index contributed by atoms with van der Waals surface area (Å²) in [7, 11) is 0. The van der Waals surface area contributed by atoms with Crippen molar-refractivity contribution in [1.29, 1.82) is 0 Å². The molecule has 1 N–H and O–H groups in total. The molecule has 3 rings (SSSR count). The minimum absolute atomic E-state index is 0.240. The average Bonchev–Trinajstić information content (AvgIpc) is 2.98. The van der Waals surface area contributed by atoms with Crippen LogP contribution in [0.4, 0.5) is 4.39 Å². The van der Waals surface area contributed by atoms with Gasteiger partial charge in [-0.25, -0.2) is 4.39 Å². The zero-order valence-corrected chi connectivity index (χ0v) is 11.5. The summed E-state index contributed by atoms with van der Waals surface area (Å²) in [4.78, 5) is 0. The van der Waals surface area contributed by atoms with Crippen LogP contribution in [0.5, 0.6) is 0 Å². The van der Waals surface area contributed by atoms with Gasteiger partial charge in [-0.1, -0.05) is 48.0 Å². The molecule has 0 unspecified atom stereocenters. The lowest BCUT2D eigenvalue weighted by Crippen LogP contribution is -2.44. The number of hydrogen-bond acceptors (Lipinski definition) is 1. The van der Waals surface area contributed by atoms with Gasteiger partial charge in [0, 0.05) is 11.5 Å². The molecule has 1 fully saturated rings. The molecule has 0 spiro atoms. The van der Waals surface area contributed by atoms with E-state index in [-0.39, 0.29) is 22.3 Å². The average molecular weight is 278 g/mol. The monoisotopic (exact) mass is 277 g/mol. The van der Waals surface area contributed by atoms with Gasteiger partial charge >= 0.3 is 0 Å². The van der Waals surface area contributed by atoms with Gasteiger partial charge < -0.3 is 5.32 Å². The predicted octanol–water partition coefficient (Wildman–Crippen LogP) is 4.06. The van der Waals surface area contributed by atoms with Crippen molar-refractivity contribution in [2.45, 2.75) is 30.7 Å². The highest BCUT2D eigenvalue weighted by molar-refractivity contribution is 6.31. The van der Waals surface area contributed by atoms with E-state index in [2.05, 4.69) is 17.4 Å². The Kier molecular flexibility index (Phi) is 3.46. The van der Waals surface area contributed by atoms with Crippen LogP contribution in [0.3, 0.4) is 0 Å². The molecular weight excluding hydrogens is 261 g/mol. The molecule has 1 nitrogen and oxygen atoms in total. The molecule has 0 amide bonds. The lowest BCUT2D eigenvalue weighted by Gasteiger charge is -2.38. The van der Waals surface area contributed by atoms with Crippen molar-refractivity contribution < 1.29 is 4.39 Å². The molecule has 0 aromatic heterocycles. The summed E-state index contributed by atoms with van der Waals surface area (Å²) in [5.41, 5.74) is 0.852. The quantitative estimate of drug-likeness (QED) is 0.860. The summed E-state index contributed by atoms with van der Waals surface area (Å²) in [5, 5.41) is 3.76. The minimum atomic E-state index is -0.305. The van der Waals surface area contributed by atoms with E-state index in [9.17, 15) is 4.39 Å². The number of halogens is 2. The van der Waals surface area contributed by atoms with E-state index in [0.717, 1.165) is 31.4 Å². The van der Waals surface area contributed by atoms with Crippen LogP contribution in [-0.4, -0.2) is 12.6 Å².